The molecule has 0 N–H and O–H groups in total. The third-order valence-corrected chi connectivity index (χ3v) is 0.697. The molecule has 1 atom stereocenters. The average molecular weight is 113 g/mol. The van der Waals surface area contributed by atoms with Gasteiger partial charge < -0.3 is 4.74 Å². The van der Waals surface area contributed by atoms with Gasteiger partial charge in [-0.2, -0.15) is 0 Å². The van der Waals surface area contributed by atoms with Crippen molar-refractivity contribution < 1.29 is 9.53 Å². The van der Waals surface area contributed by atoms with Gasteiger partial charge in [-0.15, -0.1) is 0 Å². The number of allylic oxidation sites excluding steroid dienone is 1. The Morgan fingerprint density at radius 3 is 2.75 bits per heavy atom. The van der Waals surface area contributed by atoms with Crippen LogP contribution in [0.3, 0.4) is 0 Å². The minimum absolute atomic E-state index is 0.141. The number of hydrogen-bond donors (Lipinski definition) is 0. The van der Waals surface area contributed by atoms with Crippen molar-refractivity contribution in [2.75, 3.05) is 0 Å². The molecule has 0 saturated carbocycles. The summed E-state index contributed by atoms with van der Waals surface area (Å²) in [6, 6.07) is 0. The lowest BCUT2D eigenvalue weighted by Gasteiger charge is -1.98. The summed E-state index contributed by atoms with van der Waals surface area (Å²) in [4.78, 5) is 9.51. The van der Waals surface area contributed by atoms with Gasteiger partial charge in [-0.05, 0) is 19.9 Å². The van der Waals surface area contributed by atoms with Crippen LogP contribution in [0.25, 0.3) is 0 Å². The molecule has 0 spiro atoms. The predicted molar refractivity (Wildman–Crippen MR) is 31.1 cm³/mol. The van der Waals surface area contributed by atoms with E-state index in [0.29, 0.717) is 0 Å². The Hall–Kier alpha value is -0.790. The van der Waals surface area contributed by atoms with E-state index in [1.165, 1.54) is 6.47 Å². The van der Waals surface area contributed by atoms with Crippen molar-refractivity contribution in [1.29, 1.82) is 0 Å². The standard InChI is InChI=1S/C6H9O2/c1-3-4-6(2)8-5-7/h3-4,6H,1-2H3. The molecule has 0 aliphatic carbocycles. The molecule has 0 fully saturated rings. The molecule has 0 aliphatic heterocycles. The monoisotopic (exact) mass is 113 g/mol. The summed E-state index contributed by atoms with van der Waals surface area (Å²) in [5.41, 5.74) is 0. The van der Waals surface area contributed by atoms with E-state index >= 15 is 0 Å². The number of hydrogen-bond acceptors (Lipinski definition) is 2. The van der Waals surface area contributed by atoms with E-state index in [1.807, 2.05) is 13.0 Å². The van der Waals surface area contributed by atoms with Crippen LogP contribution >= 0.6 is 0 Å². The molecule has 0 aromatic carbocycles. The van der Waals surface area contributed by atoms with Gasteiger partial charge in [0.2, 0.25) is 0 Å². The van der Waals surface area contributed by atoms with Crippen LogP contribution < -0.4 is 0 Å². The van der Waals surface area contributed by atoms with E-state index in [0.717, 1.165) is 0 Å². The Balaban J connectivity index is 3.31. The maximum atomic E-state index is 9.51. The van der Waals surface area contributed by atoms with Crippen molar-refractivity contribution in [3.8, 4) is 0 Å². The zero-order valence-electron chi connectivity index (χ0n) is 5.05. The highest BCUT2D eigenvalue weighted by molar-refractivity contribution is 5.39. The smallest absolute Gasteiger partial charge is 0.418 e. The SMILES string of the molecule is CC=CC(C)O[C]=O. The van der Waals surface area contributed by atoms with E-state index < -0.39 is 0 Å². The highest BCUT2D eigenvalue weighted by atomic mass is 16.5. The topological polar surface area (TPSA) is 26.3 Å². The average Bonchev–Trinajstić information content (AvgIpc) is 1.68. The second-order valence-electron chi connectivity index (χ2n) is 1.43. The van der Waals surface area contributed by atoms with E-state index in [4.69, 9.17) is 0 Å². The molecule has 45 valence electrons. The Morgan fingerprint density at radius 1 is 1.75 bits per heavy atom. The van der Waals surface area contributed by atoms with Crippen LogP contribution in [-0.2, 0) is 9.53 Å². The quantitative estimate of drug-likeness (QED) is 0.511. The van der Waals surface area contributed by atoms with Crippen molar-refractivity contribution in [1.82, 2.24) is 0 Å². The summed E-state index contributed by atoms with van der Waals surface area (Å²) < 4.78 is 4.39. The Bertz CT molecular complexity index is 86.5. The first-order chi connectivity index (χ1) is 3.81. The maximum Gasteiger partial charge on any atom is 0.418 e. The number of ether oxygens (including phenoxy) is 1. The van der Waals surface area contributed by atoms with Crippen molar-refractivity contribution >= 4 is 6.47 Å². The molecular formula is C6H9O2. The number of rotatable bonds is 3. The molecule has 1 radical (unpaired) electrons. The summed E-state index contributed by atoms with van der Waals surface area (Å²) in [7, 11) is 0. The molecule has 8 heavy (non-hydrogen) atoms. The van der Waals surface area contributed by atoms with Gasteiger partial charge in [0, 0.05) is 0 Å². The van der Waals surface area contributed by atoms with Crippen molar-refractivity contribution in [3.63, 3.8) is 0 Å². The lowest BCUT2D eigenvalue weighted by molar-refractivity contribution is 0.236. The first-order valence-electron chi connectivity index (χ1n) is 2.47. The predicted octanol–water partition coefficient (Wildman–Crippen LogP) is 1.03. The van der Waals surface area contributed by atoms with Crippen LogP contribution in [0.4, 0.5) is 0 Å². The van der Waals surface area contributed by atoms with Gasteiger partial charge in [-0.3, -0.25) is 0 Å². The largest absolute Gasteiger partial charge is 0.450 e. The summed E-state index contributed by atoms with van der Waals surface area (Å²) >= 11 is 0. The Labute approximate surface area is 49.1 Å². The Kier molecular flexibility index (Phi) is 3.94. The fraction of sp³-hybridized carbons (Fsp3) is 0.500. The first-order valence-corrected chi connectivity index (χ1v) is 2.47. The molecule has 0 aromatic heterocycles. The molecular weight excluding hydrogens is 104 g/mol. The summed E-state index contributed by atoms with van der Waals surface area (Å²) in [5.74, 6) is 0. The third kappa shape index (κ3) is 3.40. The van der Waals surface area contributed by atoms with Crippen LogP contribution in [0, 0.1) is 0 Å². The molecule has 2 nitrogen and oxygen atoms in total. The summed E-state index contributed by atoms with van der Waals surface area (Å²) in [6.07, 6.45) is 3.45. The van der Waals surface area contributed by atoms with Crippen LogP contribution in [0.1, 0.15) is 13.8 Å². The van der Waals surface area contributed by atoms with Crippen LogP contribution in [0.15, 0.2) is 12.2 Å². The second kappa shape index (κ2) is 4.37. The second-order valence-corrected chi connectivity index (χ2v) is 1.43. The molecule has 0 bridgehead atoms. The zero-order chi connectivity index (χ0) is 6.41. The van der Waals surface area contributed by atoms with Gasteiger partial charge in [0.15, 0.2) is 0 Å². The van der Waals surface area contributed by atoms with Crippen molar-refractivity contribution in [2.45, 2.75) is 20.0 Å². The lowest BCUT2D eigenvalue weighted by atomic mass is 10.4. The highest BCUT2D eigenvalue weighted by Crippen LogP contribution is 1.87. The van der Waals surface area contributed by atoms with E-state index in [-0.39, 0.29) is 6.10 Å². The summed E-state index contributed by atoms with van der Waals surface area (Å²) in [5, 5.41) is 0. The van der Waals surface area contributed by atoms with E-state index in [1.54, 1.807) is 13.0 Å². The van der Waals surface area contributed by atoms with Gasteiger partial charge in [-0.1, -0.05) is 6.08 Å². The Morgan fingerprint density at radius 2 is 2.38 bits per heavy atom. The van der Waals surface area contributed by atoms with Gasteiger partial charge in [0.05, 0.1) is 0 Å². The zero-order valence-corrected chi connectivity index (χ0v) is 5.05. The van der Waals surface area contributed by atoms with Crippen LogP contribution in [-0.4, -0.2) is 12.6 Å². The number of carbonyl (C=O) groups excluding carboxylic acids is 1. The molecule has 0 amide bonds. The first kappa shape index (κ1) is 7.21. The summed E-state index contributed by atoms with van der Waals surface area (Å²) in [6.45, 7) is 4.99. The minimum Gasteiger partial charge on any atom is -0.450 e. The molecule has 0 rings (SSSR count). The fourth-order valence-corrected chi connectivity index (χ4v) is 0.386. The molecule has 0 saturated heterocycles. The minimum atomic E-state index is -0.141. The van der Waals surface area contributed by atoms with E-state index in [9.17, 15) is 4.79 Å². The molecule has 1 unspecified atom stereocenters. The van der Waals surface area contributed by atoms with Gasteiger partial charge in [0.1, 0.15) is 6.10 Å². The van der Waals surface area contributed by atoms with Crippen LogP contribution in [0.5, 0.6) is 0 Å². The molecule has 0 heterocycles. The molecule has 0 aromatic rings. The molecule has 0 aliphatic rings. The maximum absolute atomic E-state index is 9.51. The van der Waals surface area contributed by atoms with Crippen molar-refractivity contribution in [2.24, 2.45) is 0 Å². The third-order valence-electron chi connectivity index (χ3n) is 0.697. The highest BCUT2D eigenvalue weighted by Gasteiger charge is 1.90. The van der Waals surface area contributed by atoms with E-state index in [2.05, 4.69) is 4.74 Å². The van der Waals surface area contributed by atoms with Gasteiger partial charge in [0.25, 0.3) is 0 Å². The normalized spacial score (nSPS) is 13.8. The lowest BCUT2D eigenvalue weighted by Crippen LogP contribution is -2.00. The van der Waals surface area contributed by atoms with Gasteiger partial charge in [-0.25, -0.2) is 4.79 Å². The van der Waals surface area contributed by atoms with Gasteiger partial charge >= 0.3 is 6.47 Å². The molecule has 2 heteroatoms. The fourth-order valence-electron chi connectivity index (χ4n) is 0.386. The van der Waals surface area contributed by atoms with Crippen molar-refractivity contribution in [3.05, 3.63) is 12.2 Å². The van der Waals surface area contributed by atoms with Crippen LogP contribution in [0.2, 0.25) is 0 Å².